The fraction of sp³-hybridized carbons (Fsp3) is 0.500. The Balaban J connectivity index is 3.36. The maximum Gasteiger partial charge on any atom is 0.330 e. The van der Waals surface area contributed by atoms with Gasteiger partial charge in [0, 0.05) is 18.6 Å². The molecule has 0 saturated carbocycles. The minimum Gasteiger partial charge on any atom is -0.466 e. The normalized spacial score (nSPS) is 9.40. The first-order valence-corrected chi connectivity index (χ1v) is 6.34. The molecule has 0 rings (SSSR count). The van der Waals surface area contributed by atoms with E-state index in [9.17, 15) is 14.4 Å². The smallest absolute Gasteiger partial charge is 0.330 e. The second kappa shape index (κ2) is 12.0. The second-order valence-corrected chi connectivity index (χ2v) is 3.77. The van der Waals surface area contributed by atoms with Crippen molar-refractivity contribution in [3.8, 4) is 0 Å². The standard InChI is InChI=1S/C14H20O6/c1-3-12(15)18-9-5-6-10-20-14(17)8-7-11-19-13(16)4-2/h3-4H,1-2,5-11H2. The van der Waals surface area contributed by atoms with Gasteiger partial charge in [0.05, 0.1) is 19.8 Å². The van der Waals surface area contributed by atoms with Crippen LogP contribution in [0.3, 0.4) is 0 Å². The first-order chi connectivity index (χ1) is 9.60. The molecule has 6 nitrogen and oxygen atoms in total. The predicted molar refractivity (Wildman–Crippen MR) is 71.7 cm³/mol. The van der Waals surface area contributed by atoms with Crippen LogP contribution < -0.4 is 0 Å². The summed E-state index contributed by atoms with van der Waals surface area (Å²) in [5.41, 5.74) is 0. The Labute approximate surface area is 118 Å². The Morgan fingerprint density at radius 1 is 0.750 bits per heavy atom. The van der Waals surface area contributed by atoms with Crippen LogP contribution in [-0.2, 0) is 28.6 Å². The van der Waals surface area contributed by atoms with Gasteiger partial charge in [0.2, 0.25) is 0 Å². The van der Waals surface area contributed by atoms with E-state index in [1.807, 2.05) is 0 Å². The van der Waals surface area contributed by atoms with Gasteiger partial charge in [0.1, 0.15) is 0 Å². The van der Waals surface area contributed by atoms with Crippen LogP contribution in [0.4, 0.5) is 0 Å². The molecule has 0 amide bonds. The molecule has 0 aliphatic heterocycles. The summed E-state index contributed by atoms with van der Waals surface area (Å²) in [5, 5.41) is 0. The average Bonchev–Trinajstić information content (AvgIpc) is 2.46. The van der Waals surface area contributed by atoms with Crippen molar-refractivity contribution in [2.75, 3.05) is 19.8 Å². The van der Waals surface area contributed by atoms with Crippen molar-refractivity contribution in [1.29, 1.82) is 0 Å². The van der Waals surface area contributed by atoms with Gasteiger partial charge in [-0.1, -0.05) is 13.2 Å². The van der Waals surface area contributed by atoms with Crippen LogP contribution in [-0.4, -0.2) is 37.7 Å². The van der Waals surface area contributed by atoms with Gasteiger partial charge in [0.15, 0.2) is 0 Å². The third-order valence-corrected chi connectivity index (χ3v) is 2.15. The van der Waals surface area contributed by atoms with Crippen LogP contribution in [0, 0.1) is 0 Å². The molecule has 0 spiro atoms. The summed E-state index contributed by atoms with van der Waals surface area (Å²) in [6.07, 6.45) is 3.99. The molecule has 0 aromatic heterocycles. The van der Waals surface area contributed by atoms with Crippen molar-refractivity contribution in [3.05, 3.63) is 25.3 Å². The molecule has 0 atom stereocenters. The first kappa shape index (κ1) is 17.9. The molecule has 0 radical (unpaired) electrons. The number of unbranched alkanes of at least 4 members (excludes halogenated alkanes) is 1. The summed E-state index contributed by atoms with van der Waals surface area (Å²) in [6.45, 7) is 7.24. The number of hydrogen-bond acceptors (Lipinski definition) is 6. The van der Waals surface area contributed by atoms with Gasteiger partial charge in [0.25, 0.3) is 0 Å². The van der Waals surface area contributed by atoms with E-state index in [-0.39, 0.29) is 32.2 Å². The molecular formula is C14H20O6. The van der Waals surface area contributed by atoms with E-state index in [1.165, 1.54) is 0 Å². The van der Waals surface area contributed by atoms with Gasteiger partial charge in [-0.2, -0.15) is 0 Å². The number of hydrogen-bond donors (Lipinski definition) is 0. The Kier molecular flexibility index (Phi) is 10.7. The number of ether oxygens (including phenoxy) is 3. The first-order valence-electron chi connectivity index (χ1n) is 6.34. The van der Waals surface area contributed by atoms with Gasteiger partial charge in [-0.3, -0.25) is 4.79 Å². The summed E-state index contributed by atoms with van der Waals surface area (Å²) in [4.78, 5) is 32.7. The molecule has 0 aliphatic carbocycles. The van der Waals surface area contributed by atoms with E-state index in [0.29, 0.717) is 19.3 Å². The lowest BCUT2D eigenvalue weighted by atomic mass is 10.3. The zero-order chi connectivity index (χ0) is 15.2. The average molecular weight is 284 g/mol. The molecule has 0 aromatic carbocycles. The van der Waals surface area contributed by atoms with E-state index in [1.54, 1.807) is 0 Å². The van der Waals surface area contributed by atoms with Crippen molar-refractivity contribution in [3.63, 3.8) is 0 Å². The fourth-order valence-corrected chi connectivity index (χ4v) is 1.14. The molecule has 20 heavy (non-hydrogen) atoms. The maximum absolute atomic E-state index is 11.3. The molecule has 0 aromatic rings. The zero-order valence-corrected chi connectivity index (χ0v) is 11.5. The third-order valence-electron chi connectivity index (χ3n) is 2.15. The SMILES string of the molecule is C=CC(=O)OCCCCOC(=O)CCCOC(=O)C=C. The summed E-state index contributed by atoms with van der Waals surface area (Å²) in [6, 6.07) is 0. The van der Waals surface area contributed by atoms with Gasteiger partial charge in [-0.25, -0.2) is 9.59 Å². The second-order valence-electron chi connectivity index (χ2n) is 3.77. The molecule has 6 heteroatoms. The molecule has 112 valence electrons. The minimum atomic E-state index is -0.507. The molecular weight excluding hydrogens is 264 g/mol. The molecule has 0 bridgehead atoms. The van der Waals surface area contributed by atoms with E-state index >= 15 is 0 Å². The molecule has 0 heterocycles. The monoisotopic (exact) mass is 284 g/mol. The van der Waals surface area contributed by atoms with Crippen molar-refractivity contribution >= 4 is 17.9 Å². The molecule has 0 aliphatic rings. The van der Waals surface area contributed by atoms with Crippen LogP contribution in [0.2, 0.25) is 0 Å². The van der Waals surface area contributed by atoms with Gasteiger partial charge >= 0.3 is 17.9 Å². The van der Waals surface area contributed by atoms with Crippen molar-refractivity contribution in [2.24, 2.45) is 0 Å². The third kappa shape index (κ3) is 11.0. The highest BCUT2D eigenvalue weighted by molar-refractivity contribution is 5.81. The van der Waals surface area contributed by atoms with E-state index in [4.69, 9.17) is 14.2 Å². The topological polar surface area (TPSA) is 78.9 Å². The minimum absolute atomic E-state index is 0.164. The lowest BCUT2D eigenvalue weighted by Crippen LogP contribution is -2.09. The lowest BCUT2D eigenvalue weighted by molar-refractivity contribution is -0.146. The zero-order valence-electron chi connectivity index (χ0n) is 11.5. The van der Waals surface area contributed by atoms with Crippen LogP contribution in [0.5, 0.6) is 0 Å². The van der Waals surface area contributed by atoms with Gasteiger partial charge in [-0.05, 0) is 19.3 Å². The Bertz CT molecular complexity index is 348. The Morgan fingerprint density at radius 3 is 1.70 bits per heavy atom. The summed E-state index contributed by atoms with van der Waals surface area (Å²) < 4.78 is 14.4. The van der Waals surface area contributed by atoms with Crippen molar-refractivity contribution in [1.82, 2.24) is 0 Å². The number of rotatable bonds is 11. The van der Waals surface area contributed by atoms with Crippen LogP contribution in [0.15, 0.2) is 25.3 Å². The largest absolute Gasteiger partial charge is 0.466 e. The summed E-state index contributed by atoms with van der Waals surface area (Å²) in [5.74, 6) is -1.31. The Morgan fingerprint density at radius 2 is 1.20 bits per heavy atom. The van der Waals surface area contributed by atoms with Crippen LogP contribution in [0.25, 0.3) is 0 Å². The highest BCUT2D eigenvalue weighted by atomic mass is 16.5. The predicted octanol–water partition coefficient (Wildman–Crippen LogP) is 1.55. The van der Waals surface area contributed by atoms with E-state index < -0.39 is 11.9 Å². The Hall–Kier alpha value is -2.11. The van der Waals surface area contributed by atoms with Crippen LogP contribution >= 0.6 is 0 Å². The van der Waals surface area contributed by atoms with Crippen molar-refractivity contribution < 1.29 is 28.6 Å². The summed E-state index contributed by atoms with van der Waals surface area (Å²) >= 11 is 0. The van der Waals surface area contributed by atoms with E-state index in [2.05, 4.69) is 13.2 Å². The number of carbonyl (C=O) groups is 3. The molecule has 0 fully saturated rings. The molecule has 0 unspecified atom stereocenters. The summed E-state index contributed by atoms with van der Waals surface area (Å²) in [7, 11) is 0. The quantitative estimate of drug-likeness (QED) is 0.248. The highest BCUT2D eigenvalue weighted by Gasteiger charge is 2.04. The van der Waals surface area contributed by atoms with Crippen LogP contribution in [0.1, 0.15) is 25.7 Å². The number of esters is 3. The number of carbonyl (C=O) groups excluding carboxylic acids is 3. The van der Waals surface area contributed by atoms with Crippen molar-refractivity contribution in [2.45, 2.75) is 25.7 Å². The fourth-order valence-electron chi connectivity index (χ4n) is 1.14. The maximum atomic E-state index is 11.3. The van der Waals surface area contributed by atoms with Gasteiger partial charge < -0.3 is 14.2 Å². The lowest BCUT2D eigenvalue weighted by Gasteiger charge is -2.05. The van der Waals surface area contributed by atoms with E-state index in [0.717, 1.165) is 12.2 Å². The van der Waals surface area contributed by atoms with Gasteiger partial charge in [-0.15, -0.1) is 0 Å². The highest BCUT2D eigenvalue weighted by Crippen LogP contribution is 1.98. The molecule has 0 N–H and O–H groups in total. The molecule has 0 saturated heterocycles.